The van der Waals surface area contributed by atoms with Crippen molar-refractivity contribution in [3.8, 4) is 0 Å². The van der Waals surface area contributed by atoms with Gasteiger partial charge in [0.25, 0.3) is 0 Å². The average molecular weight is 246 g/mol. The fourth-order valence-corrected chi connectivity index (χ4v) is 1.15. The first kappa shape index (κ1) is 16.4. The van der Waals surface area contributed by atoms with Gasteiger partial charge < -0.3 is 14.6 Å². The fourth-order valence-electron chi connectivity index (χ4n) is 1.15. The minimum atomic E-state index is -0.898. The second-order valence-electron chi connectivity index (χ2n) is 6.62. The van der Waals surface area contributed by atoms with E-state index in [1.54, 1.807) is 13.8 Å². The summed E-state index contributed by atoms with van der Waals surface area (Å²) >= 11 is 0. The molecule has 0 heterocycles. The van der Waals surface area contributed by atoms with Gasteiger partial charge in [0.15, 0.2) is 0 Å². The molecule has 0 atom stereocenters. The third-order valence-electron chi connectivity index (χ3n) is 1.81. The summed E-state index contributed by atoms with van der Waals surface area (Å²) in [5, 5.41) is 9.56. The zero-order valence-corrected chi connectivity index (χ0v) is 12.1. The zero-order valence-electron chi connectivity index (χ0n) is 12.1. The van der Waals surface area contributed by atoms with E-state index in [4.69, 9.17) is 9.47 Å². The van der Waals surface area contributed by atoms with Crippen LogP contribution in [0.15, 0.2) is 0 Å². The highest BCUT2D eigenvalue weighted by Gasteiger charge is 2.28. The Kier molecular flexibility index (Phi) is 5.16. The van der Waals surface area contributed by atoms with Crippen LogP contribution in [0, 0.1) is 0 Å². The molecule has 0 aliphatic heterocycles. The summed E-state index contributed by atoms with van der Waals surface area (Å²) in [5.41, 5.74) is -2.02. The van der Waals surface area contributed by atoms with E-state index in [1.807, 2.05) is 34.6 Å². The van der Waals surface area contributed by atoms with Crippen LogP contribution in [0.3, 0.4) is 0 Å². The standard InChI is InChI=1S/C13H26O4/c1-11(2,3)17-10(14)8-13(6,7)16-9-12(4,5)15/h15H,8-9H2,1-7H3. The molecule has 1 N–H and O–H groups in total. The van der Waals surface area contributed by atoms with Gasteiger partial charge >= 0.3 is 5.97 Å². The Bertz CT molecular complexity index is 256. The first-order valence-electron chi connectivity index (χ1n) is 5.89. The van der Waals surface area contributed by atoms with Gasteiger partial charge in [-0.1, -0.05) is 0 Å². The van der Waals surface area contributed by atoms with E-state index in [-0.39, 0.29) is 19.0 Å². The third kappa shape index (κ3) is 10.3. The van der Waals surface area contributed by atoms with E-state index in [1.165, 1.54) is 0 Å². The number of hydrogen-bond donors (Lipinski definition) is 1. The summed E-state index contributed by atoms with van der Waals surface area (Å²) in [5.74, 6) is -0.293. The van der Waals surface area contributed by atoms with Crippen molar-refractivity contribution < 1.29 is 19.4 Å². The number of carbonyl (C=O) groups excluding carboxylic acids is 1. The molecule has 0 fully saturated rings. The van der Waals surface area contributed by atoms with Crippen LogP contribution in [-0.4, -0.2) is 34.5 Å². The minimum absolute atomic E-state index is 0.167. The number of ether oxygens (including phenoxy) is 2. The number of rotatable bonds is 5. The summed E-state index contributed by atoms with van der Waals surface area (Å²) in [6, 6.07) is 0. The van der Waals surface area contributed by atoms with Crippen molar-refractivity contribution in [2.75, 3.05) is 6.61 Å². The molecule has 0 saturated carbocycles. The lowest BCUT2D eigenvalue weighted by atomic mass is 10.0. The quantitative estimate of drug-likeness (QED) is 0.756. The van der Waals surface area contributed by atoms with Crippen molar-refractivity contribution >= 4 is 5.97 Å². The molecular formula is C13H26O4. The summed E-state index contributed by atoms with van der Waals surface area (Å²) in [4.78, 5) is 11.6. The lowest BCUT2D eigenvalue weighted by Crippen LogP contribution is -2.37. The second-order valence-corrected chi connectivity index (χ2v) is 6.62. The maximum absolute atomic E-state index is 11.6. The van der Waals surface area contributed by atoms with E-state index < -0.39 is 16.8 Å². The largest absolute Gasteiger partial charge is 0.460 e. The summed E-state index contributed by atoms with van der Waals surface area (Å²) in [6.07, 6.45) is 0.167. The number of esters is 1. The van der Waals surface area contributed by atoms with Gasteiger partial charge in [0.05, 0.1) is 24.2 Å². The molecule has 0 rings (SSSR count). The molecule has 17 heavy (non-hydrogen) atoms. The van der Waals surface area contributed by atoms with E-state index in [9.17, 15) is 9.90 Å². The van der Waals surface area contributed by atoms with Gasteiger partial charge in [-0.25, -0.2) is 0 Å². The van der Waals surface area contributed by atoms with Gasteiger partial charge in [0.2, 0.25) is 0 Å². The Morgan fingerprint density at radius 2 is 1.53 bits per heavy atom. The van der Waals surface area contributed by atoms with Crippen molar-refractivity contribution in [1.29, 1.82) is 0 Å². The Balaban J connectivity index is 4.21. The summed E-state index contributed by atoms with van der Waals surface area (Å²) in [6.45, 7) is 12.6. The fraction of sp³-hybridized carbons (Fsp3) is 0.923. The normalized spacial score (nSPS) is 13.6. The third-order valence-corrected chi connectivity index (χ3v) is 1.81. The van der Waals surface area contributed by atoms with Gasteiger partial charge in [-0.3, -0.25) is 4.79 Å². The molecule has 0 amide bonds. The second kappa shape index (κ2) is 5.36. The topological polar surface area (TPSA) is 55.8 Å². The van der Waals surface area contributed by atoms with Crippen LogP contribution in [0.4, 0.5) is 0 Å². The van der Waals surface area contributed by atoms with Gasteiger partial charge in [-0.05, 0) is 48.5 Å². The van der Waals surface area contributed by atoms with Crippen LogP contribution < -0.4 is 0 Å². The molecule has 0 unspecified atom stereocenters. The Hall–Kier alpha value is -0.610. The highest BCUT2D eigenvalue weighted by Crippen LogP contribution is 2.19. The highest BCUT2D eigenvalue weighted by atomic mass is 16.6. The number of carbonyl (C=O) groups is 1. The van der Waals surface area contributed by atoms with Crippen molar-refractivity contribution in [3.05, 3.63) is 0 Å². The molecular weight excluding hydrogens is 220 g/mol. The Morgan fingerprint density at radius 3 is 1.88 bits per heavy atom. The molecule has 4 nitrogen and oxygen atoms in total. The Morgan fingerprint density at radius 1 is 1.06 bits per heavy atom. The minimum Gasteiger partial charge on any atom is -0.460 e. The van der Waals surface area contributed by atoms with E-state index in [0.717, 1.165) is 0 Å². The van der Waals surface area contributed by atoms with E-state index in [0.29, 0.717) is 0 Å². The van der Waals surface area contributed by atoms with E-state index in [2.05, 4.69) is 0 Å². The molecule has 4 heteroatoms. The predicted octanol–water partition coefficient (Wildman–Crippen LogP) is 2.28. The van der Waals surface area contributed by atoms with Crippen LogP contribution in [0.25, 0.3) is 0 Å². The molecule has 0 bridgehead atoms. The summed E-state index contributed by atoms with van der Waals surface area (Å²) in [7, 11) is 0. The molecule has 0 radical (unpaired) electrons. The lowest BCUT2D eigenvalue weighted by molar-refractivity contribution is -0.164. The van der Waals surface area contributed by atoms with Crippen molar-refractivity contribution in [3.63, 3.8) is 0 Å². The van der Waals surface area contributed by atoms with Crippen LogP contribution in [-0.2, 0) is 14.3 Å². The molecule has 0 aromatic rings. The van der Waals surface area contributed by atoms with E-state index >= 15 is 0 Å². The van der Waals surface area contributed by atoms with Gasteiger partial charge in [-0.2, -0.15) is 0 Å². The monoisotopic (exact) mass is 246 g/mol. The molecule has 102 valence electrons. The van der Waals surface area contributed by atoms with Crippen molar-refractivity contribution in [2.45, 2.75) is 71.7 Å². The molecule has 0 aromatic heterocycles. The molecule has 0 aliphatic rings. The van der Waals surface area contributed by atoms with Crippen LogP contribution in [0.2, 0.25) is 0 Å². The molecule has 0 spiro atoms. The SMILES string of the molecule is CC(C)(O)COC(C)(C)CC(=O)OC(C)(C)C. The maximum Gasteiger partial charge on any atom is 0.309 e. The van der Waals surface area contributed by atoms with Crippen molar-refractivity contribution in [2.24, 2.45) is 0 Å². The Labute approximate surface area is 104 Å². The molecule has 0 aromatic carbocycles. The van der Waals surface area contributed by atoms with Gasteiger partial charge in [-0.15, -0.1) is 0 Å². The first-order chi connectivity index (χ1) is 7.31. The predicted molar refractivity (Wildman–Crippen MR) is 66.8 cm³/mol. The molecule has 0 aliphatic carbocycles. The average Bonchev–Trinajstić information content (AvgIpc) is 1.94. The van der Waals surface area contributed by atoms with Gasteiger partial charge in [0, 0.05) is 0 Å². The number of hydrogen-bond acceptors (Lipinski definition) is 4. The molecule has 0 saturated heterocycles. The summed E-state index contributed by atoms with van der Waals surface area (Å²) < 4.78 is 10.8. The zero-order chi connectivity index (χ0) is 13.9. The van der Waals surface area contributed by atoms with Crippen molar-refractivity contribution in [1.82, 2.24) is 0 Å². The highest BCUT2D eigenvalue weighted by molar-refractivity contribution is 5.71. The van der Waals surface area contributed by atoms with Gasteiger partial charge in [0.1, 0.15) is 5.60 Å². The smallest absolute Gasteiger partial charge is 0.309 e. The number of aliphatic hydroxyl groups is 1. The van der Waals surface area contributed by atoms with Crippen LogP contribution in [0.5, 0.6) is 0 Å². The first-order valence-corrected chi connectivity index (χ1v) is 5.89. The van der Waals surface area contributed by atoms with Crippen LogP contribution >= 0.6 is 0 Å². The van der Waals surface area contributed by atoms with Crippen LogP contribution in [0.1, 0.15) is 54.9 Å². The lowest BCUT2D eigenvalue weighted by Gasteiger charge is -2.29. The maximum atomic E-state index is 11.6.